The van der Waals surface area contributed by atoms with Crippen molar-refractivity contribution in [3.05, 3.63) is 42.2 Å². The maximum atomic E-state index is 5.61. The van der Waals surface area contributed by atoms with Crippen LogP contribution in [0.1, 0.15) is 5.56 Å². The van der Waals surface area contributed by atoms with Crippen molar-refractivity contribution >= 4 is 0 Å². The van der Waals surface area contributed by atoms with Gasteiger partial charge in [0.15, 0.2) is 0 Å². The molecule has 4 heteroatoms. The average molecular weight is 217 g/mol. The topological polar surface area (TPSA) is 39.1 Å². The second kappa shape index (κ2) is 4.81. The van der Waals surface area contributed by atoms with Gasteiger partial charge in [0.1, 0.15) is 5.75 Å². The van der Waals surface area contributed by atoms with E-state index < -0.39 is 0 Å². The zero-order valence-corrected chi connectivity index (χ0v) is 9.47. The number of rotatable bonds is 4. The summed E-state index contributed by atoms with van der Waals surface area (Å²) in [5, 5.41) is 3.10. The minimum Gasteiger partial charge on any atom is -0.426 e. The van der Waals surface area contributed by atoms with Crippen LogP contribution in [0, 0.1) is 0 Å². The normalized spacial score (nSPS) is 10.4. The van der Waals surface area contributed by atoms with Crippen LogP contribution in [-0.2, 0) is 13.6 Å². The summed E-state index contributed by atoms with van der Waals surface area (Å²) in [4.78, 5) is 4.10. The second-order valence-corrected chi connectivity index (χ2v) is 3.60. The Morgan fingerprint density at radius 3 is 2.62 bits per heavy atom. The third-order valence-corrected chi connectivity index (χ3v) is 2.29. The Morgan fingerprint density at radius 1 is 1.31 bits per heavy atom. The predicted molar refractivity (Wildman–Crippen MR) is 62.5 cm³/mol. The molecule has 1 aromatic carbocycles. The van der Waals surface area contributed by atoms with Crippen LogP contribution in [0.4, 0.5) is 0 Å². The van der Waals surface area contributed by atoms with E-state index in [1.807, 2.05) is 49.1 Å². The average Bonchev–Trinajstić information content (AvgIpc) is 2.68. The van der Waals surface area contributed by atoms with Gasteiger partial charge in [0.2, 0.25) is 0 Å². The van der Waals surface area contributed by atoms with Crippen LogP contribution in [0.3, 0.4) is 0 Å². The number of hydrogen-bond acceptors (Lipinski definition) is 3. The van der Waals surface area contributed by atoms with Gasteiger partial charge in [-0.2, -0.15) is 0 Å². The van der Waals surface area contributed by atoms with Gasteiger partial charge in [0, 0.05) is 26.0 Å². The molecule has 0 saturated heterocycles. The molecule has 0 atom stereocenters. The zero-order valence-electron chi connectivity index (χ0n) is 9.47. The Hall–Kier alpha value is -1.81. The van der Waals surface area contributed by atoms with Crippen molar-refractivity contribution in [2.45, 2.75) is 6.54 Å². The first-order valence-corrected chi connectivity index (χ1v) is 5.18. The zero-order chi connectivity index (χ0) is 11.4. The van der Waals surface area contributed by atoms with Crippen LogP contribution >= 0.6 is 0 Å². The van der Waals surface area contributed by atoms with E-state index in [4.69, 9.17) is 4.74 Å². The fourth-order valence-corrected chi connectivity index (χ4v) is 1.44. The molecule has 0 amide bonds. The van der Waals surface area contributed by atoms with Crippen molar-refractivity contribution in [3.8, 4) is 11.8 Å². The number of benzene rings is 1. The molecule has 0 spiro atoms. The molecule has 0 radical (unpaired) electrons. The van der Waals surface area contributed by atoms with E-state index in [-0.39, 0.29) is 0 Å². The molecule has 0 fully saturated rings. The summed E-state index contributed by atoms with van der Waals surface area (Å²) < 4.78 is 7.45. The highest BCUT2D eigenvalue weighted by molar-refractivity contribution is 5.29. The molecule has 0 aliphatic carbocycles. The Kier molecular flexibility index (Phi) is 3.22. The molecule has 84 valence electrons. The summed E-state index contributed by atoms with van der Waals surface area (Å²) in [6.45, 7) is 0.864. The number of nitrogens with zero attached hydrogens (tertiary/aromatic N) is 2. The van der Waals surface area contributed by atoms with Crippen LogP contribution in [-0.4, -0.2) is 16.6 Å². The molecule has 0 aliphatic heterocycles. The highest BCUT2D eigenvalue weighted by atomic mass is 16.5. The number of hydrogen-bond donors (Lipinski definition) is 1. The summed E-state index contributed by atoms with van der Waals surface area (Å²) in [6.07, 6.45) is 3.56. The van der Waals surface area contributed by atoms with Gasteiger partial charge in [-0.25, -0.2) is 4.98 Å². The minimum atomic E-state index is 0.598. The highest BCUT2D eigenvalue weighted by Gasteiger charge is 2.01. The maximum absolute atomic E-state index is 5.61. The molecular formula is C12H15N3O. The summed E-state index contributed by atoms with van der Waals surface area (Å²) in [7, 11) is 3.83. The van der Waals surface area contributed by atoms with Crippen molar-refractivity contribution < 1.29 is 4.74 Å². The van der Waals surface area contributed by atoms with E-state index >= 15 is 0 Å². The lowest BCUT2D eigenvalue weighted by Crippen LogP contribution is -2.04. The van der Waals surface area contributed by atoms with E-state index in [1.165, 1.54) is 5.56 Å². The lowest BCUT2D eigenvalue weighted by Gasteiger charge is -2.05. The second-order valence-electron chi connectivity index (χ2n) is 3.60. The smallest absolute Gasteiger partial charge is 0.301 e. The quantitative estimate of drug-likeness (QED) is 0.850. The largest absolute Gasteiger partial charge is 0.426 e. The third-order valence-electron chi connectivity index (χ3n) is 2.29. The monoisotopic (exact) mass is 217 g/mol. The van der Waals surface area contributed by atoms with Crippen LogP contribution in [0.2, 0.25) is 0 Å². The number of nitrogens with one attached hydrogen (secondary N) is 1. The number of ether oxygens (including phenoxy) is 1. The molecule has 0 aliphatic rings. The van der Waals surface area contributed by atoms with Crippen molar-refractivity contribution in [2.75, 3.05) is 7.05 Å². The fourth-order valence-electron chi connectivity index (χ4n) is 1.44. The van der Waals surface area contributed by atoms with Crippen LogP contribution < -0.4 is 10.1 Å². The lowest BCUT2D eigenvalue weighted by atomic mass is 10.2. The van der Waals surface area contributed by atoms with Gasteiger partial charge in [-0.3, -0.25) is 0 Å². The van der Waals surface area contributed by atoms with Gasteiger partial charge in [-0.05, 0) is 24.7 Å². The van der Waals surface area contributed by atoms with Gasteiger partial charge in [-0.15, -0.1) is 0 Å². The molecule has 4 nitrogen and oxygen atoms in total. The molecule has 2 rings (SSSR count). The van der Waals surface area contributed by atoms with Crippen LogP contribution in [0.5, 0.6) is 11.8 Å². The van der Waals surface area contributed by atoms with Gasteiger partial charge >= 0.3 is 6.01 Å². The molecule has 0 saturated carbocycles. The van der Waals surface area contributed by atoms with E-state index in [2.05, 4.69) is 10.3 Å². The Balaban J connectivity index is 2.08. The van der Waals surface area contributed by atoms with Crippen molar-refractivity contribution in [1.29, 1.82) is 0 Å². The van der Waals surface area contributed by atoms with E-state index in [0.29, 0.717) is 6.01 Å². The maximum Gasteiger partial charge on any atom is 0.301 e. The number of imidazole rings is 1. The summed E-state index contributed by atoms with van der Waals surface area (Å²) in [6, 6.07) is 8.56. The molecule has 16 heavy (non-hydrogen) atoms. The van der Waals surface area contributed by atoms with Gasteiger partial charge in [0.05, 0.1) is 0 Å². The summed E-state index contributed by atoms with van der Waals surface area (Å²) >= 11 is 0. The standard InChI is InChI=1S/C12H15N3O/c1-13-9-10-3-5-11(6-4-10)16-12-14-7-8-15(12)2/h3-8,13H,9H2,1-2H3. The minimum absolute atomic E-state index is 0.598. The number of aromatic nitrogens is 2. The van der Waals surface area contributed by atoms with Crippen LogP contribution in [0.25, 0.3) is 0 Å². The molecule has 0 bridgehead atoms. The highest BCUT2D eigenvalue weighted by Crippen LogP contribution is 2.19. The van der Waals surface area contributed by atoms with Gasteiger partial charge in [-0.1, -0.05) is 12.1 Å². The first-order chi connectivity index (χ1) is 7.79. The first-order valence-electron chi connectivity index (χ1n) is 5.18. The van der Waals surface area contributed by atoms with E-state index in [9.17, 15) is 0 Å². The van der Waals surface area contributed by atoms with Crippen LogP contribution in [0.15, 0.2) is 36.7 Å². The Bertz CT molecular complexity index is 448. The van der Waals surface area contributed by atoms with Crippen molar-refractivity contribution in [3.63, 3.8) is 0 Å². The Morgan fingerprint density at radius 2 is 2.06 bits per heavy atom. The molecule has 1 heterocycles. The van der Waals surface area contributed by atoms with E-state index in [1.54, 1.807) is 6.20 Å². The molecule has 0 unspecified atom stereocenters. The van der Waals surface area contributed by atoms with Crippen molar-refractivity contribution in [1.82, 2.24) is 14.9 Å². The molecule has 1 N–H and O–H groups in total. The lowest BCUT2D eigenvalue weighted by molar-refractivity contribution is 0.424. The molecular weight excluding hydrogens is 202 g/mol. The third kappa shape index (κ3) is 2.41. The Labute approximate surface area is 94.9 Å². The number of aryl methyl sites for hydroxylation is 1. The van der Waals surface area contributed by atoms with Gasteiger partial charge < -0.3 is 14.6 Å². The summed E-state index contributed by atoms with van der Waals surface area (Å²) in [5.74, 6) is 0.800. The van der Waals surface area contributed by atoms with E-state index in [0.717, 1.165) is 12.3 Å². The SMILES string of the molecule is CNCc1ccc(Oc2nccn2C)cc1. The van der Waals surface area contributed by atoms with Gasteiger partial charge in [0.25, 0.3) is 0 Å². The van der Waals surface area contributed by atoms with Crippen molar-refractivity contribution in [2.24, 2.45) is 7.05 Å². The fraction of sp³-hybridized carbons (Fsp3) is 0.250. The summed E-state index contributed by atoms with van der Waals surface area (Å²) in [5.41, 5.74) is 1.23. The first kappa shape index (κ1) is 10.7. The molecule has 1 aromatic heterocycles. The molecule has 2 aromatic rings. The predicted octanol–water partition coefficient (Wildman–Crippen LogP) is 1.93.